The molecule has 1 aliphatic rings. The number of amides is 2. The van der Waals surface area contributed by atoms with Crippen LogP contribution in [-0.2, 0) is 9.59 Å². The van der Waals surface area contributed by atoms with Crippen molar-refractivity contribution in [2.75, 3.05) is 13.1 Å². The van der Waals surface area contributed by atoms with Crippen molar-refractivity contribution in [2.24, 2.45) is 0 Å². The molecular formula is C18H25N3O2. The van der Waals surface area contributed by atoms with E-state index in [9.17, 15) is 9.59 Å². The fourth-order valence-electron chi connectivity index (χ4n) is 2.36. The first-order chi connectivity index (χ1) is 11.1. The molecule has 0 spiro atoms. The quantitative estimate of drug-likeness (QED) is 0.760. The standard InChI is InChI=1S/C18H25N3O2/c1-3-4-12-19-17(22)11-13-21-18(23)10-9-16(20-21)15-7-5-14(2)6-8-15/h5-9,20H,3-4,10-13H2,1-2H3,(H,19,22). The lowest BCUT2D eigenvalue weighted by Crippen LogP contribution is -2.45. The average Bonchev–Trinajstić information content (AvgIpc) is 2.55. The molecule has 0 atom stereocenters. The molecule has 23 heavy (non-hydrogen) atoms. The van der Waals surface area contributed by atoms with Crippen molar-refractivity contribution in [3.05, 3.63) is 41.5 Å². The second-order valence-electron chi connectivity index (χ2n) is 5.80. The van der Waals surface area contributed by atoms with Gasteiger partial charge in [-0.15, -0.1) is 0 Å². The van der Waals surface area contributed by atoms with Crippen molar-refractivity contribution in [1.29, 1.82) is 0 Å². The average molecular weight is 315 g/mol. The number of carbonyl (C=O) groups is 2. The molecule has 124 valence electrons. The van der Waals surface area contributed by atoms with Crippen molar-refractivity contribution >= 4 is 17.5 Å². The summed E-state index contributed by atoms with van der Waals surface area (Å²) in [5, 5.41) is 4.40. The minimum absolute atomic E-state index is 0.0118. The molecule has 5 nitrogen and oxygen atoms in total. The molecule has 5 heteroatoms. The van der Waals surface area contributed by atoms with Crippen LogP contribution >= 0.6 is 0 Å². The Labute approximate surface area is 137 Å². The fraction of sp³-hybridized carbons (Fsp3) is 0.444. The smallest absolute Gasteiger partial charge is 0.244 e. The predicted octanol–water partition coefficient (Wildman–Crippen LogP) is 2.38. The van der Waals surface area contributed by atoms with Crippen molar-refractivity contribution in [2.45, 2.75) is 39.5 Å². The zero-order chi connectivity index (χ0) is 16.7. The van der Waals surface area contributed by atoms with Crippen LogP contribution in [0.1, 0.15) is 43.7 Å². The zero-order valence-corrected chi connectivity index (χ0v) is 13.9. The van der Waals surface area contributed by atoms with E-state index in [1.807, 2.05) is 37.3 Å². The second kappa shape index (κ2) is 8.36. The highest BCUT2D eigenvalue weighted by atomic mass is 16.2. The largest absolute Gasteiger partial charge is 0.356 e. The summed E-state index contributed by atoms with van der Waals surface area (Å²) >= 11 is 0. The first-order valence-corrected chi connectivity index (χ1v) is 8.21. The molecular weight excluding hydrogens is 290 g/mol. The molecule has 0 fully saturated rings. The maximum absolute atomic E-state index is 12.0. The highest BCUT2D eigenvalue weighted by molar-refractivity contribution is 5.84. The van der Waals surface area contributed by atoms with E-state index < -0.39 is 0 Å². The first-order valence-electron chi connectivity index (χ1n) is 8.21. The van der Waals surface area contributed by atoms with E-state index in [0.29, 0.717) is 25.9 Å². The summed E-state index contributed by atoms with van der Waals surface area (Å²) in [5.41, 5.74) is 6.28. The molecule has 1 heterocycles. The van der Waals surface area contributed by atoms with Crippen LogP contribution in [0.3, 0.4) is 0 Å². The number of benzene rings is 1. The van der Waals surface area contributed by atoms with Crippen LogP contribution < -0.4 is 10.7 Å². The van der Waals surface area contributed by atoms with Crippen LogP contribution in [0, 0.1) is 6.92 Å². The van der Waals surface area contributed by atoms with Gasteiger partial charge in [0.15, 0.2) is 0 Å². The van der Waals surface area contributed by atoms with Gasteiger partial charge in [0, 0.05) is 19.4 Å². The summed E-state index contributed by atoms with van der Waals surface area (Å²) in [6, 6.07) is 8.14. The van der Waals surface area contributed by atoms with Crippen molar-refractivity contribution in [1.82, 2.24) is 15.8 Å². The van der Waals surface area contributed by atoms with Crippen LogP contribution in [0.25, 0.3) is 5.70 Å². The molecule has 2 amide bonds. The van der Waals surface area contributed by atoms with Crippen molar-refractivity contribution in [3.63, 3.8) is 0 Å². The summed E-state index contributed by atoms with van der Waals surface area (Å²) < 4.78 is 0. The van der Waals surface area contributed by atoms with E-state index in [0.717, 1.165) is 24.1 Å². The van der Waals surface area contributed by atoms with Gasteiger partial charge in [0.1, 0.15) is 0 Å². The summed E-state index contributed by atoms with van der Waals surface area (Å²) in [6.07, 6.45) is 4.59. The molecule has 1 aliphatic heterocycles. The Balaban J connectivity index is 1.88. The Morgan fingerprint density at radius 3 is 2.74 bits per heavy atom. The van der Waals surface area contributed by atoms with Gasteiger partial charge >= 0.3 is 0 Å². The van der Waals surface area contributed by atoms with E-state index in [2.05, 4.69) is 17.7 Å². The molecule has 0 saturated carbocycles. The SMILES string of the molecule is CCCCNC(=O)CCN1NC(c2ccc(C)cc2)=CCC1=O. The van der Waals surface area contributed by atoms with Crippen molar-refractivity contribution in [3.8, 4) is 0 Å². The second-order valence-corrected chi connectivity index (χ2v) is 5.80. The maximum Gasteiger partial charge on any atom is 0.244 e. The van der Waals surface area contributed by atoms with Gasteiger partial charge in [-0.3, -0.25) is 20.0 Å². The molecule has 0 bridgehead atoms. The van der Waals surface area contributed by atoms with Gasteiger partial charge in [0.2, 0.25) is 11.8 Å². The first kappa shape index (κ1) is 17.1. The monoisotopic (exact) mass is 315 g/mol. The number of hydrogen-bond donors (Lipinski definition) is 2. The van der Waals surface area contributed by atoms with Crippen LogP contribution in [0.5, 0.6) is 0 Å². The zero-order valence-electron chi connectivity index (χ0n) is 13.9. The number of hydrogen-bond acceptors (Lipinski definition) is 3. The lowest BCUT2D eigenvalue weighted by Gasteiger charge is -2.29. The Kier molecular flexibility index (Phi) is 6.20. The Hall–Kier alpha value is -2.30. The Bertz CT molecular complexity index is 578. The van der Waals surface area contributed by atoms with E-state index in [-0.39, 0.29) is 11.8 Å². The summed E-state index contributed by atoms with van der Waals surface area (Å²) in [5.74, 6) is -0.0262. The number of nitrogens with one attached hydrogen (secondary N) is 2. The van der Waals surface area contributed by atoms with Gasteiger partial charge in [0.25, 0.3) is 0 Å². The lowest BCUT2D eigenvalue weighted by atomic mass is 10.1. The molecule has 0 radical (unpaired) electrons. The minimum Gasteiger partial charge on any atom is -0.356 e. The molecule has 0 aromatic heterocycles. The van der Waals surface area contributed by atoms with Crippen LogP contribution in [-0.4, -0.2) is 29.9 Å². The van der Waals surface area contributed by atoms with Crippen molar-refractivity contribution < 1.29 is 9.59 Å². The van der Waals surface area contributed by atoms with Gasteiger partial charge < -0.3 is 5.32 Å². The van der Waals surface area contributed by atoms with Crippen LogP contribution in [0.4, 0.5) is 0 Å². The molecule has 2 rings (SSSR count). The van der Waals surface area contributed by atoms with E-state index in [1.54, 1.807) is 0 Å². The number of hydrazine groups is 1. The predicted molar refractivity (Wildman–Crippen MR) is 91.2 cm³/mol. The van der Waals surface area contributed by atoms with Gasteiger partial charge in [0.05, 0.1) is 12.2 Å². The number of unbranched alkanes of at least 4 members (excludes halogenated alkanes) is 1. The third-order valence-electron chi connectivity index (χ3n) is 3.81. The molecule has 0 saturated heterocycles. The number of carbonyl (C=O) groups excluding carboxylic acids is 2. The number of rotatable bonds is 7. The Morgan fingerprint density at radius 2 is 2.04 bits per heavy atom. The normalized spacial score (nSPS) is 14.3. The molecule has 0 unspecified atom stereocenters. The van der Waals surface area contributed by atoms with Gasteiger partial charge in [-0.2, -0.15) is 0 Å². The fourth-order valence-corrected chi connectivity index (χ4v) is 2.36. The number of aryl methyl sites for hydroxylation is 1. The van der Waals surface area contributed by atoms with Gasteiger partial charge in [-0.1, -0.05) is 43.2 Å². The number of nitrogens with zero attached hydrogens (tertiary/aromatic N) is 1. The lowest BCUT2D eigenvalue weighted by molar-refractivity contribution is -0.133. The third-order valence-corrected chi connectivity index (χ3v) is 3.81. The van der Waals surface area contributed by atoms with E-state index >= 15 is 0 Å². The minimum atomic E-state index is -0.0144. The van der Waals surface area contributed by atoms with E-state index in [1.165, 1.54) is 10.6 Å². The third kappa shape index (κ3) is 5.13. The molecule has 0 aliphatic carbocycles. The highest BCUT2D eigenvalue weighted by Gasteiger charge is 2.20. The summed E-state index contributed by atoms with van der Waals surface area (Å²) in [7, 11) is 0. The highest BCUT2D eigenvalue weighted by Crippen LogP contribution is 2.18. The van der Waals surface area contributed by atoms with Gasteiger partial charge in [-0.05, 0) is 25.0 Å². The summed E-state index contributed by atoms with van der Waals surface area (Å²) in [6.45, 7) is 5.20. The summed E-state index contributed by atoms with van der Waals surface area (Å²) in [4.78, 5) is 23.8. The molecule has 2 N–H and O–H groups in total. The van der Waals surface area contributed by atoms with Gasteiger partial charge in [-0.25, -0.2) is 0 Å². The van der Waals surface area contributed by atoms with Crippen LogP contribution in [0.15, 0.2) is 30.3 Å². The molecule has 1 aromatic rings. The van der Waals surface area contributed by atoms with E-state index in [4.69, 9.17) is 0 Å². The topological polar surface area (TPSA) is 61.4 Å². The molecule has 1 aromatic carbocycles. The van der Waals surface area contributed by atoms with Crippen LogP contribution in [0.2, 0.25) is 0 Å². The Morgan fingerprint density at radius 1 is 1.30 bits per heavy atom. The maximum atomic E-state index is 12.0.